The summed E-state index contributed by atoms with van der Waals surface area (Å²) in [4.78, 5) is 27.4. The molecule has 0 radical (unpaired) electrons. The number of nitrogens with one attached hydrogen (secondary N) is 1. The van der Waals surface area contributed by atoms with E-state index in [0.29, 0.717) is 0 Å². The maximum atomic E-state index is 11.2. The Labute approximate surface area is 114 Å². The van der Waals surface area contributed by atoms with E-state index in [1.807, 2.05) is 42.5 Å². The molecule has 5 nitrogen and oxygen atoms in total. The molecule has 0 aliphatic rings. The lowest BCUT2D eigenvalue weighted by atomic mass is 10.1. The van der Waals surface area contributed by atoms with Crippen molar-refractivity contribution in [3.05, 3.63) is 68.5 Å². The molecule has 0 heterocycles. The molecule has 20 heavy (non-hydrogen) atoms. The van der Waals surface area contributed by atoms with Crippen molar-refractivity contribution in [2.45, 2.75) is 6.61 Å². The highest BCUT2D eigenvalue weighted by molar-refractivity contribution is 5.85. The van der Waals surface area contributed by atoms with Crippen LogP contribution in [-0.2, 0) is 11.4 Å². The zero-order valence-electron chi connectivity index (χ0n) is 10.6. The summed E-state index contributed by atoms with van der Waals surface area (Å²) < 4.78 is 0. The van der Waals surface area contributed by atoms with E-state index >= 15 is 0 Å². The lowest BCUT2D eigenvalue weighted by molar-refractivity contribution is 0.181. The van der Waals surface area contributed by atoms with Gasteiger partial charge in [-0.15, -0.1) is 0 Å². The Morgan fingerprint density at radius 1 is 1.00 bits per heavy atom. The molecule has 3 N–H and O–H groups in total. The minimum atomic E-state index is -0.665. The molecule has 5 heteroatoms. The molecule has 3 rings (SSSR count). The third-order valence-corrected chi connectivity index (χ3v) is 3.23. The van der Waals surface area contributed by atoms with Gasteiger partial charge in [-0.2, -0.15) is 0 Å². The Bertz CT molecular complexity index is 842. The van der Waals surface area contributed by atoms with Crippen LogP contribution < -0.4 is 22.1 Å². The fourth-order valence-corrected chi connectivity index (χ4v) is 2.11. The summed E-state index contributed by atoms with van der Waals surface area (Å²) >= 11 is 0. The molecular weight excluding hydrogens is 256 g/mol. The molecule has 0 amide bonds. The van der Waals surface area contributed by atoms with Crippen LogP contribution in [0.5, 0.6) is 0 Å². The molecule has 0 bridgehead atoms. The Morgan fingerprint density at radius 2 is 1.75 bits per heavy atom. The predicted octanol–water partition coefficient (Wildman–Crippen LogP) is 1.56. The van der Waals surface area contributed by atoms with Crippen molar-refractivity contribution < 1.29 is 4.84 Å². The van der Waals surface area contributed by atoms with E-state index in [0.717, 1.165) is 16.3 Å². The molecule has 0 unspecified atom stereocenters. The molecule has 0 aliphatic heterocycles. The van der Waals surface area contributed by atoms with Crippen LogP contribution in [0.15, 0.2) is 52.1 Å². The van der Waals surface area contributed by atoms with Crippen molar-refractivity contribution in [2.24, 2.45) is 0 Å². The van der Waals surface area contributed by atoms with E-state index in [9.17, 15) is 9.59 Å². The van der Waals surface area contributed by atoms with E-state index in [1.54, 1.807) is 0 Å². The zero-order valence-corrected chi connectivity index (χ0v) is 10.6. The van der Waals surface area contributed by atoms with Gasteiger partial charge in [-0.3, -0.25) is 19.9 Å². The number of anilines is 2. The second-order valence-electron chi connectivity index (χ2n) is 4.48. The van der Waals surface area contributed by atoms with E-state index in [2.05, 4.69) is 5.48 Å². The summed E-state index contributed by atoms with van der Waals surface area (Å²) in [6.45, 7) is 0.263. The van der Waals surface area contributed by atoms with Crippen molar-refractivity contribution in [3.8, 4) is 0 Å². The van der Waals surface area contributed by atoms with Gasteiger partial charge in [0.1, 0.15) is 18.0 Å². The van der Waals surface area contributed by atoms with Crippen molar-refractivity contribution in [1.29, 1.82) is 0 Å². The minimum absolute atomic E-state index is 0.0373. The Kier molecular flexibility index (Phi) is 2.96. The summed E-state index contributed by atoms with van der Waals surface area (Å²) in [6, 6.07) is 13.8. The first kappa shape index (κ1) is 12.4. The molecular formula is C15H12N2O3. The summed E-state index contributed by atoms with van der Waals surface area (Å²) in [7, 11) is 0. The number of hydrogen-bond donors (Lipinski definition) is 2. The van der Waals surface area contributed by atoms with E-state index in [4.69, 9.17) is 10.6 Å². The van der Waals surface area contributed by atoms with Crippen LogP contribution in [0.25, 0.3) is 10.8 Å². The van der Waals surface area contributed by atoms with Gasteiger partial charge in [-0.25, -0.2) is 0 Å². The molecule has 3 aromatic carbocycles. The first-order valence-corrected chi connectivity index (χ1v) is 6.11. The SMILES string of the molecule is Nc1c(NOCc2cccc3ccccc23)c(=O)c1=O. The van der Waals surface area contributed by atoms with Crippen LogP contribution in [-0.4, -0.2) is 0 Å². The second-order valence-corrected chi connectivity index (χ2v) is 4.48. The maximum Gasteiger partial charge on any atom is 0.255 e. The van der Waals surface area contributed by atoms with Gasteiger partial charge < -0.3 is 5.73 Å². The van der Waals surface area contributed by atoms with Gasteiger partial charge in [-0.1, -0.05) is 42.5 Å². The maximum absolute atomic E-state index is 11.2. The average Bonchev–Trinajstić information content (AvgIpc) is 2.50. The van der Waals surface area contributed by atoms with Gasteiger partial charge in [0.15, 0.2) is 0 Å². The minimum Gasteiger partial charge on any atom is -0.394 e. The Balaban J connectivity index is 1.75. The fourth-order valence-electron chi connectivity index (χ4n) is 2.11. The molecule has 0 spiro atoms. The van der Waals surface area contributed by atoms with Gasteiger partial charge in [-0.05, 0) is 16.3 Å². The average molecular weight is 268 g/mol. The molecule has 3 aromatic rings. The van der Waals surface area contributed by atoms with Crippen LogP contribution in [0.1, 0.15) is 5.56 Å². The Morgan fingerprint density at radius 3 is 2.55 bits per heavy atom. The summed E-state index contributed by atoms with van der Waals surface area (Å²) in [5, 5.41) is 2.19. The van der Waals surface area contributed by atoms with E-state index in [-0.39, 0.29) is 18.0 Å². The molecule has 0 saturated carbocycles. The highest BCUT2D eigenvalue weighted by Gasteiger charge is 2.17. The number of benzene rings is 2. The summed E-state index contributed by atoms with van der Waals surface area (Å²) in [5.74, 6) is 0. The molecule has 0 fully saturated rings. The van der Waals surface area contributed by atoms with Crippen LogP contribution in [0, 0.1) is 0 Å². The summed E-state index contributed by atoms with van der Waals surface area (Å²) in [6.07, 6.45) is 0. The smallest absolute Gasteiger partial charge is 0.255 e. The van der Waals surface area contributed by atoms with Gasteiger partial charge in [0.2, 0.25) is 0 Å². The number of rotatable bonds is 4. The lowest BCUT2D eigenvalue weighted by Crippen LogP contribution is -2.37. The molecule has 0 aliphatic carbocycles. The topological polar surface area (TPSA) is 81.4 Å². The van der Waals surface area contributed by atoms with Crippen LogP contribution in [0.3, 0.4) is 0 Å². The van der Waals surface area contributed by atoms with E-state index in [1.165, 1.54) is 0 Å². The zero-order chi connectivity index (χ0) is 14.1. The standard InChI is InChI=1S/C15H12N2O3/c16-12-13(15(19)14(12)18)17-20-8-10-6-3-5-9-4-1-2-7-11(9)10/h1-7,17H,8,16H2. The van der Waals surface area contributed by atoms with Crippen LogP contribution in [0.2, 0.25) is 0 Å². The number of nitrogens with two attached hydrogens (primary N) is 1. The normalized spacial score (nSPS) is 11.0. The fraction of sp³-hybridized carbons (Fsp3) is 0.0667. The quantitative estimate of drug-likeness (QED) is 0.554. The van der Waals surface area contributed by atoms with Crippen LogP contribution >= 0.6 is 0 Å². The number of fused-ring (bicyclic) bond motifs is 1. The van der Waals surface area contributed by atoms with Gasteiger partial charge in [0, 0.05) is 0 Å². The first-order chi connectivity index (χ1) is 9.68. The highest BCUT2D eigenvalue weighted by Crippen LogP contribution is 2.19. The largest absolute Gasteiger partial charge is 0.394 e. The molecule has 0 aromatic heterocycles. The highest BCUT2D eigenvalue weighted by atomic mass is 16.6. The van der Waals surface area contributed by atoms with Crippen molar-refractivity contribution in [3.63, 3.8) is 0 Å². The number of hydrogen-bond acceptors (Lipinski definition) is 5. The summed E-state index contributed by atoms with van der Waals surface area (Å²) in [5.41, 5.74) is 7.48. The first-order valence-electron chi connectivity index (χ1n) is 6.11. The van der Waals surface area contributed by atoms with Gasteiger partial charge in [0.05, 0.1) is 0 Å². The molecule has 0 atom stereocenters. The molecule has 100 valence electrons. The second kappa shape index (κ2) is 4.79. The van der Waals surface area contributed by atoms with Crippen LogP contribution in [0.4, 0.5) is 11.4 Å². The third kappa shape index (κ3) is 1.94. The molecule has 0 saturated heterocycles. The van der Waals surface area contributed by atoms with E-state index < -0.39 is 10.9 Å². The number of nitrogen functional groups attached to an aromatic ring is 1. The predicted molar refractivity (Wildman–Crippen MR) is 78.1 cm³/mol. The lowest BCUT2D eigenvalue weighted by Gasteiger charge is -2.11. The van der Waals surface area contributed by atoms with Gasteiger partial charge >= 0.3 is 0 Å². The Hall–Kier alpha value is -2.66. The van der Waals surface area contributed by atoms with Crippen molar-refractivity contribution in [1.82, 2.24) is 0 Å². The van der Waals surface area contributed by atoms with Gasteiger partial charge in [0.25, 0.3) is 10.9 Å². The monoisotopic (exact) mass is 268 g/mol. The third-order valence-electron chi connectivity index (χ3n) is 3.23. The van der Waals surface area contributed by atoms with Crippen molar-refractivity contribution in [2.75, 3.05) is 11.2 Å². The van der Waals surface area contributed by atoms with Crippen molar-refractivity contribution >= 4 is 22.1 Å².